The van der Waals surface area contributed by atoms with Crippen LogP contribution in [0.5, 0.6) is 0 Å². The summed E-state index contributed by atoms with van der Waals surface area (Å²) < 4.78 is 36.2. The minimum atomic E-state index is -4.42. The van der Waals surface area contributed by atoms with Crippen molar-refractivity contribution < 1.29 is 32.7 Å². The van der Waals surface area contributed by atoms with E-state index in [1.807, 2.05) is 0 Å². The second-order valence-corrected chi connectivity index (χ2v) is 4.36. The fourth-order valence-corrected chi connectivity index (χ4v) is 1.67. The van der Waals surface area contributed by atoms with Crippen molar-refractivity contribution in [3.63, 3.8) is 0 Å². The fourth-order valence-electron chi connectivity index (χ4n) is 1.67. The summed E-state index contributed by atoms with van der Waals surface area (Å²) in [6, 6.07) is -2.20. The number of piperazine rings is 1. The van der Waals surface area contributed by atoms with Gasteiger partial charge in [0, 0.05) is 20.1 Å². The molecule has 1 fully saturated rings. The molecule has 0 spiro atoms. The van der Waals surface area contributed by atoms with Crippen LogP contribution >= 0.6 is 0 Å². The van der Waals surface area contributed by atoms with Crippen LogP contribution in [-0.2, 0) is 9.59 Å². The van der Waals surface area contributed by atoms with Gasteiger partial charge in [-0.25, -0.2) is 9.59 Å². The number of carboxylic acid groups (broad SMARTS) is 1. The summed E-state index contributed by atoms with van der Waals surface area (Å²) in [5.41, 5.74) is 0. The van der Waals surface area contributed by atoms with E-state index in [1.165, 1.54) is 0 Å². The van der Waals surface area contributed by atoms with E-state index >= 15 is 0 Å². The lowest BCUT2D eigenvalue weighted by atomic mass is 10.2. The van der Waals surface area contributed by atoms with Crippen molar-refractivity contribution in [3.8, 4) is 0 Å². The van der Waals surface area contributed by atoms with Crippen LogP contribution in [-0.4, -0.2) is 71.7 Å². The van der Waals surface area contributed by atoms with Crippen LogP contribution in [0.4, 0.5) is 18.0 Å². The summed E-state index contributed by atoms with van der Waals surface area (Å²) in [6.07, 6.45) is -5.62. The Bertz CT molecular complexity index is 413. The molecule has 0 aliphatic carbocycles. The van der Waals surface area contributed by atoms with Gasteiger partial charge in [-0.1, -0.05) is 0 Å². The quantitative estimate of drug-likeness (QED) is 0.759. The average molecular weight is 297 g/mol. The number of nitrogens with one attached hydrogen (secondary N) is 1. The maximum Gasteiger partial charge on any atom is 0.390 e. The normalized spacial score (nSPS) is 19.5. The summed E-state index contributed by atoms with van der Waals surface area (Å²) in [5.74, 6) is -1.89. The average Bonchev–Trinajstić information content (AvgIpc) is 2.33. The summed E-state index contributed by atoms with van der Waals surface area (Å²) in [5, 5.41) is 11.2. The van der Waals surface area contributed by atoms with Crippen molar-refractivity contribution in [1.29, 1.82) is 0 Å². The molecule has 3 amide bonds. The van der Waals surface area contributed by atoms with Gasteiger partial charge in [-0.15, -0.1) is 0 Å². The highest BCUT2D eigenvalue weighted by Crippen LogP contribution is 2.20. The van der Waals surface area contributed by atoms with Gasteiger partial charge in [0.25, 0.3) is 0 Å². The second kappa shape index (κ2) is 5.97. The monoisotopic (exact) mass is 297 g/mol. The number of nitrogens with zero attached hydrogens (tertiary/aromatic N) is 2. The van der Waals surface area contributed by atoms with Crippen LogP contribution in [0.25, 0.3) is 0 Å². The fraction of sp³-hybridized carbons (Fsp3) is 0.700. The Hall–Kier alpha value is -2.00. The molecule has 0 saturated carbocycles. The number of hydrogen-bond donors (Lipinski definition) is 2. The van der Waals surface area contributed by atoms with Crippen molar-refractivity contribution in [2.75, 3.05) is 26.7 Å². The number of halogens is 3. The lowest BCUT2D eigenvalue weighted by Gasteiger charge is -2.35. The van der Waals surface area contributed by atoms with Crippen molar-refractivity contribution in [3.05, 3.63) is 0 Å². The third kappa shape index (κ3) is 4.28. The van der Waals surface area contributed by atoms with E-state index in [2.05, 4.69) is 5.32 Å². The predicted octanol–water partition coefficient (Wildman–Crippen LogP) is -0.124. The highest BCUT2D eigenvalue weighted by atomic mass is 19.4. The van der Waals surface area contributed by atoms with E-state index in [4.69, 9.17) is 5.11 Å². The zero-order chi connectivity index (χ0) is 15.5. The summed E-state index contributed by atoms with van der Waals surface area (Å²) in [4.78, 5) is 35.6. The number of alkyl halides is 3. The third-order valence-corrected chi connectivity index (χ3v) is 2.77. The van der Waals surface area contributed by atoms with E-state index in [1.54, 1.807) is 0 Å². The molecule has 7 nitrogen and oxygen atoms in total. The van der Waals surface area contributed by atoms with Gasteiger partial charge in [0.05, 0.1) is 6.42 Å². The zero-order valence-electron chi connectivity index (χ0n) is 10.6. The first-order chi connectivity index (χ1) is 9.11. The molecule has 1 aliphatic heterocycles. The van der Waals surface area contributed by atoms with Crippen molar-refractivity contribution >= 4 is 17.9 Å². The highest BCUT2D eigenvalue weighted by Gasteiger charge is 2.37. The minimum Gasteiger partial charge on any atom is -0.480 e. The largest absolute Gasteiger partial charge is 0.480 e. The Morgan fingerprint density at radius 1 is 1.50 bits per heavy atom. The molecule has 0 aromatic rings. The second-order valence-electron chi connectivity index (χ2n) is 4.36. The van der Waals surface area contributed by atoms with Crippen LogP contribution < -0.4 is 5.32 Å². The van der Waals surface area contributed by atoms with Crippen LogP contribution in [0.15, 0.2) is 0 Å². The Kier molecular flexibility index (Phi) is 4.79. The van der Waals surface area contributed by atoms with Crippen LogP contribution in [0.1, 0.15) is 6.42 Å². The molecule has 1 saturated heterocycles. The van der Waals surface area contributed by atoms with Gasteiger partial charge in [0.2, 0.25) is 5.91 Å². The lowest BCUT2D eigenvalue weighted by molar-refractivity contribution is -0.145. The third-order valence-electron chi connectivity index (χ3n) is 2.77. The first-order valence-electron chi connectivity index (χ1n) is 5.70. The Morgan fingerprint density at radius 2 is 2.10 bits per heavy atom. The van der Waals surface area contributed by atoms with Gasteiger partial charge in [-0.3, -0.25) is 9.69 Å². The van der Waals surface area contributed by atoms with Crippen LogP contribution in [0.2, 0.25) is 0 Å². The van der Waals surface area contributed by atoms with Gasteiger partial charge in [-0.05, 0) is 0 Å². The van der Waals surface area contributed by atoms with E-state index < -0.39 is 49.6 Å². The van der Waals surface area contributed by atoms with Crippen LogP contribution in [0.3, 0.4) is 0 Å². The Labute approximate surface area is 112 Å². The minimum absolute atomic E-state index is 0.271. The molecule has 1 unspecified atom stereocenters. The maximum absolute atomic E-state index is 12.1. The van der Waals surface area contributed by atoms with E-state index in [9.17, 15) is 27.6 Å². The first-order valence-corrected chi connectivity index (χ1v) is 5.70. The number of rotatable bonds is 3. The molecular weight excluding hydrogens is 283 g/mol. The first kappa shape index (κ1) is 16.1. The van der Waals surface area contributed by atoms with Gasteiger partial charge >= 0.3 is 18.2 Å². The summed E-state index contributed by atoms with van der Waals surface area (Å²) in [7, 11) is 1.12. The molecule has 1 atom stereocenters. The molecule has 0 aromatic heterocycles. The number of hydrogen-bond acceptors (Lipinski definition) is 3. The molecule has 20 heavy (non-hydrogen) atoms. The molecule has 0 radical (unpaired) electrons. The molecule has 1 aliphatic rings. The molecule has 10 heteroatoms. The van der Waals surface area contributed by atoms with Gasteiger partial charge < -0.3 is 15.3 Å². The highest BCUT2D eigenvalue weighted by molar-refractivity contribution is 5.90. The Balaban J connectivity index is 2.71. The number of carboxylic acids is 1. The van der Waals surface area contributed by atoms with Gasteiger partial charge in [-0.2, -0.15) is 13.2 Å². The standard InChI is InChI=1S/C10H14F3N3O4/c1-15(3-2-10(11,12)13)9(20)16-5-7(17)14-4-6(16)8(18)19/h6H,2-5H2,1H3,(H,14,17)(H,18,19). The SMILES string of the molecule is CN(CCC(F)(F)F)C(=O)N1CC(=O)NCC1C(=O)O. The molecule has 1 heterocycles. The molecule has 0 aromatic carbocycles. The zero-order valence-corrected chi connectivity index (χ0v) is 10.6. The van der Waals surface area contributed by atoms with E-state index in [-0.39, 0.29) is 6.54 Å². The molecule has 1 rings (SSSR count). The predicted molar refractivity (Wildman–Crippen MR) is 59.8 cm³/mol. The van der Waals surface area contributed by atoms with E-state index in [0.717, 1.165) is 16.8 Å². The van der Waals surface area contributed by atoms with Crippen molar-refractivity contribution in [1.82, 2.24) is 15.1 Å². The van der Waals surface area contributed by atoms with Crippen molar-refractivity contribution in [2.45, 2.75) is 18.6 Å². The van der Waals surface area contributed by atoms with Gasteiger partial charge in [0.1, 0.15) is 12.6 Å². The number of aliphatic carboxylic acids is 1. The smallest absolute Gasteiger partial charge is 0.390 e. The van der Waals surface area contributed by atoms with E-state index in [0.29, 0.717) is 0 Å². The number of carbonyl (C=O) groups is 3. The summed E-state index contributed by atoms with van der Waals surface area (Å²) >= 11 is 0. The molecular formula is C10H14F3N3O4. The molecule has 2 N–H and O–H groups in total. The van der Waals surface area contributed by atoms with Gasteiger partial charge in [0.15, 0.2) is 0 Å². The molecule has 114 valence electrons. The number of carbonyl (C=O) groups excluding carboxylic acids is 2. The number of urea groups is 1. The summed E-state index contributed by atoms with van der Waals surface area (Å²) in [6.45, 7) is -1.37. The van der Waals surface area contributed by atoms with Crippen molar-refractivity contribution in [2.24, 2.45) is 0 Å². The van der Waals surface area contributed by atoms with Crippen LogP contribution in [0, 0.1) is 0 Å². The maximum atomic E-state index is 12.1. The topological polar surface area (TPSA) is 90.0 Å². The number of amides is 3. The lowest BCUT2D eigenvalue weighted by Crippen LogP contribution is -2.61. The Morgan fingerprint density at radius 3 is 2.60 bits per heavy atom. The molecule has 0 bridgehead atoms.